The molecule has 0 saturated heterocycles. The average Bonchev–Trinajstić information content (AvgIpc) is 2.73. The number of nitrogens with one attached hydrogen (secondary N) is 4. The average molecular weight is 496 g/mol. The van der Waals surface area contributed by atoms with E-state index in [9.17, 15) is 16.8 Å². The van der Waals surface area contributed by atoms with Crippen molar-refractivity contribution < 1.29 is 25.9 Å². The highest BCUT2D eigenvalue weighted by Crippen LogP contribution is 2.21. The van der Waals surface area contributed by atoms with Crippen LogP contribution in [0.4, 0.5) is 34.9 Å². The van der Waals surface area contributed by atoms with E-state index in [0.29, 0.717) is 11.4 Å². The van der Waals surface area contributed by atoms with Gasteiger partial charge in [-0.2, -0.15) is 31.8 Å². The molecular weight excluding hydrogens is 474 g/mol. The Hall–Kier alpha value is -3.53. The predicted octanol–water partition coefficient (Wildman–Crippen LogP) is 1.95. The summed E-state index contributed by atoms with van der Waals surface area (Å²) in [5, 5.41) is 11.6. The van der Waals surface area contributed by atoms with E-state index >= 15 is 0 Å². The first kappa shape index (κ1) is 24.1. The summed E-state index contributed by atoms with van der Waals surface area (Å²) in [6, 6.07) is 12.5. The lowest BCUT2D eigenvalue weighted by Gasteiger charge is -2.12. The van der Waals surface area contributed by atoms with Gasteiger partial charge in [-0.25, -0.2) is 0 Å². The van der Waals surface area contributed by atoms with Crippen LogP contribution in [0.5, 0.6) is 0 Å². The zero-order valence-electron chi connectivity index (χ0n) is 17.2. The second-order valence-corrected chi connectivity index (χ2v) is 9.59. The Morgan fingerprint density at radius 3 is 1.64 bits per heavy atom. The Morgan fingerprint density at radius 2 is 1.18 bits per heavy atom. The normalized spacial score (nSPS) is 11.6. The summed E-state index contributed by atoms with van der Waals surface area (Å²) >= 11 is 0. The third kappa shape index (κ3) is 7.53. The molecular formula is C18H21N7O6S2. The van der Waals surface area contributed by atoms with E-state index in [4.69, 9.17) is 9.11 Å². The molecule has 0 aliphatic carbocycles. The number of hydrogen-bond acceptors (Lipinski definition) is 11. The Bertz CT molecular complexity index is 1320. The molecule has 13 nitrogen and oxygen atoms in total. The maximum Gasteiger partial charge on any atom is 0.294 e. The molecule has 0 aliphatic heterocycles. The van der Waals surface area contributed by atoms with Gasteiger partial charge in [0.05, 0.1) is 10.6 Å². The van der Waals surface area contributed by atoms with E-state index in [2.05, 4.69) is 36.2 Å². The maximum absolute atomic E-state index is 11.2. The molecule has 6 N–H and O–H groups in total. The number of aromatic nitrogens is 3. The zero-order chi connectivity index (χ0) is 24.1. The van der Waals surface area contributed by atoms with Crippen molar-refractivity contribution in [1.29, 1.82) is 0 Å². The van der Waals surface area contributed by atoms with Crippen molar-refractivity contribution in [3.63, 3.8) is 0 Å². The van der Waals surface area contributed by atoms with E-state index in [-0.39, 0.29) is 29.3 Å². The Morgan fingerprint density at radius 1 is 0.727 bits per heavy atom. The first-order valence-electron chi connectivity index (χ1n) is 9.36. The minimum atomic E-state index is -4.33. The fourth-order valence-electron chi connectivity index (χ4n) is 2.55. The number of hydrogen-bond donors (Lipinski definition) is 6. The number of anilines is 6. The minimum absolute atomic E-state index is 0.0278. The van der Waals surface area contributed by atoms with Gasteiger partial charge in [-0.3, -0.25) is 9.11 Å². The molecule has 3 rings (SSSR count). The summed E-state index contributed by atoms with van der Waals surface area (Å²) in [5.41, 5.74) is 1.99. The molecule has 0 fully saturated rings. The van der Waals surface area contributed by atoms with Gasteiger partial charge >= 0.3 is 0 Å². The lowest BCUT2D eigenvalue weighted by Crippen LogP contribution is -2.17. The van der Waals surface area contributed by atoms with Crippen LogP contribution in [0.15, 0.2) is 53.4 Å². The molecule has 3 aromatic rings. The SMILES string of the molecule is CNc1ccc(Nc2nc(NCCS(=O)(=O)O)nc(Nc3ccc(S(=O)(=O)O)cc3)n2)cc1. The Kier molecular flexibility index (Phi) is 7.27. The van der Waals surface area contributed by atoms with Crippen LogP contribution in [0.3, 0.4) is 0 Å². The van der Waals surface area contributed by atoms with Crippen molar-refractivity contribution in [3.05, 3.63) is 48.5 Å². The van der Waals surface area contributed by atoms with Crippen LogP contribution >= 0.6 is 0 Å². The smallest absolute Gasteiger partial charge is 0.294 e. The molecule has 0 unspecified atom stereocenters. The Labute approximate surface area is 190 Å². The molecule has 0 saturated carbocycles. The van der Waals surface area contributed by atoms with Crippen LogP contribution in [-0.4, -0.2) is 60.2 Å². The van der Waals surface area contributed by atoms with E-state index in [1.807, 2.05) is 12.1 Å². The topological polar surface area (TPSA) is 196 Å². The molecule has 1 heterocycles. The summed E-state index contributed by atoms with van der Waals surface area (Å²) in [4.78, 5) is 12.3. The van der Waals surface area contributed by atoms with E-state index in [1.165, 1.54) is 24.3 Å². The lowest BCUT2D eigenvalue weighted by molar-refractivity contribution is 0.481. The molecule has 15 heteroatoms. The zero-order valence-corrected chi connectivity index (χ0v) is 18.9. The lowest BCUT2D eigenvalue weighted by atomic mass is 10.3. The fourth-order valence-corrected chi connectivity index (χ4v) is 3.39. The van der Waals surface area contributed by atoms with Crippen LogP contribution in [0.25, 0.3) is 0 Å². The van der Waals surface area contributed by atoms with Gasteiger partial charge in [-0.05, 0) is 48.5 Å². The largest absolute Gasteiger partial charge is 0.388 e. The highest BCUT2D eigenvalue weighted by Gasteiger charge is 2.12. The monoisotopic (exact) mass is 495 g/mol. The van der Waals surface area contributed by atoms with Crippen LogP contribution < -0.4 is 21.3 Å². The van der Waals surface area contributed by atoms with Crippen LogP contribution in [0, 0.1) is 0 Å². The third-order valence-electron chi connectivity index (χ3n) is 4.12. The molecule has 0 radical (unpaired) electrons. The van der Waals surface area contributed by atoms with Gasteiger partial charge in [0.15, 0.2) is 0 Å². The first-order chi connectivity index (χ1) is 15.5. The highest BCUT2D eigenvalue weighted by molar-refractivity contribution is 7.86. The standard InChI is InChI=1S/C18H21N7O6S2/c1-19-12-2-4-13(5-3-12)21-17-23-16(20-10-11-32(26,27)28)24-18(25-17)22-14-6-8-15(9-7-14)33(29,30)31/h2-9,19H,10-11H2,1H3,(H,26,27,28)(H,29,30,31)(H3,20,21,22,23,24,25). The maximum atomic E-state index is 11.2. The van der Waals surface area contributed by atoms with Crippen LogP contribution in [0.2, 0.25) is 0 Å². The van der Waals surface area contributed by atoms with Gasteiger partial charge in [-0.1, -0.05) is 0 Å². The predicted molar refractivity (Wildman–Crippen MR) is 124 cm³/mol. The highest BCUT2D eigenvalue weighted by atomic mass is 32.2. The quantitative estimate of drug-likeness (QED) is 0.223. The van der Waals surface area contributed by atoms with Gasteiger partial charge in [0.1, 0.15) is 0 Å². The van der Waals surface area contributed by atoms with Gasteiger partial charge in [0, 0.05) is 30.7 Å². The van der Waals surface area contributed by atoms with Crippen molar-refractivity contribution in [2.24, 2.45) is 0 Å². The van der Waals surface area contributed by atoms with Crippen LogP contribution in [0.1, 0.15) is 0 Å². The fraction of sp³-hybridized carbons (Fsp3) is 0.167. The Balaban J connectivity index is 1.85. The van der Waals surface area contributed by atoms with Crippen LogP contribution in [-0.2, 0) is 20.2 Å². The molecule has 1 aromatic heterocycles. The number of rotatable bonds is 10. The molecule has 0 aliphatic rings. The number of benzene rings is 2. The van der Waals surface area contributed by atoms with Crippen molar-refractivity contribution in [2.45, 2.75) is 4.90 Å². The van der Waals surface area contributed by atoms with Crippen molar-refractivity contribution in [2.75, 3.05) is 40.6 Å². The van der Waals surface area contributed by atoms with Gasteiger partial charge < -0.3 is 21.3 Å². The van der Waals surface area contributed by atoms with Gasteiger partial charge in [0.25, 0.3) is 20.2 Å². The summed E-state index contributed by atoms with van der Waals surface area (Å²) in [6.45, 7) is -0.151. The first-order valence-corrected chi connectivity index (χ1v) is 12.4. The van der Waals surface area contributed by atoms with Crippen molar-refractivity contribution >= 4 is 55.1 Å². The van der Waals surface area contributed by atoms with E-state index in [0.717, 1.165) is 5.69 Å². The molecule has 0 bridgehead atoms. The molecule has 176 valence electrons. The second-order valence-electron chi connectivity index (χ2n) is 6.60. The minimum Gasteiger partial charge on any atom is -0.388 e. The second kappa shape index (κ2) is 9.95. The molecule has 0 atom stereocenters. The molecule has 0 amide bonds. The van der Waals surface area contributed by atoms with E-state index in [1.54, 1.807) is 19.2 Å². The summed E-state index contributed by atoms with van der Waals surface area (Å²) in [5.74, 6) is -0.325. The van der Waals surface area contributed by atoms with Crippen molar-refractivity contribution in [1.82, 2.24) is 15.0 Å². The number of nitrogens with zero attached hydrogens (tertiary/aromatic N) is 3. The third-order valence-corrected chi connectivity index (χ3v) is 5.70. The van der Waals surface area contributed by atoms with Gasteiger partial charge in [0.2, 0.25) is 17.8 Å². The molecule has 33 heavy (non-hydrogen) atoms. The summed E-state index contributed by atoms with van der Waals surface area (Å²) in [7, 11) is -6.71. The molecule has 0 spiro atoms. The van der Waals surface area contributed by atoms with Gasteiger partial charge in [-0.15, -0.1) is 0 Å². The summed E-state index contributed by atoms with van der Waals surface area (Å²) < 4.78 is 62.3. The van der Waals surface area contributed by atoms with Crippen molar-refractivity contribution in [3.8, 4) is 0 Å². The summed E-state index contributed by atoms with van der Waals surface area (Å²) in [6.07, 6.45) is 0. The van der Waals surface area contributed by atoms with E-state index < -0.39 is 26.0 Å². The molecule has 2 aromatic carbocycles.